The van der Waals surface area contributed by atoms with Crippen LogP contribution in [-0.4, -0.2) is 48.4 Å². The van der Waals surface area contributed by atoms with Crippen LogP contribution < -0.4 is 16.0 Å². The first-order chi connectivity index (χ1) is 16.2. The van der Waals surface area contributed by atoms with Gasteiger partial charge in [0.05, 0.1) is 0 Å². The number of amides is 4. The minimum atomic E-state index is -0.592. The number of aryl methyl sites for hydroxylation is 2. The van der Waals surface area contributed by atoms with Crippen LogP contribution in [0.25, 0.3) is 0 Å². The third-order valence-electron chi connectivity index (χ3n) is 6.22. The second-order valence-corrected chi connectivity index (χ2v) is 9.55. The Morgan fingerprint density at radius 3 is 2.21 bits per heavy atom. The van der Waals surface area contributed by atoms with Gasteiger partial charge in [0.2, 0.25) is 5.91 Å². The second kappa shape index (κ2) is 11.7. The molecule has 0 aromatic heterocycles. The molecule has 4 amide bonds. The van der Waals surface area contributed by atoms with Gasteiger partial charge in [-0.15, -0.1) is 0 Å². The van der Waals surface area contributed by atoms with E-state index in [1.165, 1.54) is 0 Å². The van der Waals surface area contributed by atoms with Crippen molar-refractivity contribution >= 4 is 23.5 Å². The first-order valence-corrected chi connectivity index (χ1v) is 12.0. The molecule has 0 bridgehead atoms. The van der Waals surface area contributed by atoms with E-state index in [-0.39, 0.29) is 29.7 Å². The molecule has 7 nitrogen and oxygen atoms in total. The van der Waals surface area contributed by atoms with E-state index in [9.17, 15) is 14.4 Å². The van der Waals surface area contributed by atoms with E-state index >= 15 is 0 Å². The fraction of sp³-hybridized carbons (Fsp3) is 0.444. The molecule has 2 unspecified atom stereocenters. The number of carbonyl (C=O) groups is 3. The Morgan fingerprint density at radius 1 is 0.971 bits per heavy atom. The first kappa shape index (κ1) is 25.3. The zero-order valence-corrected chi connectivity index (χ0v) is 20.6. The number of urea groups is 1. The molecule has 1 fully saturated rings. The summed E-state index contributed by atoms with van der Waals surface area (Å²) in [4.78, 5) is 40.2. The van der Waals surface area contributed by atoms with Crippen LogP contribution >= 0.6 is 0 Å². The van der Waals surface area contributed by atoms with Crippen molar-refractivity contribution in [3.05, 3.63) is 65.2 Å². The zero-order valence-electron chi connectivity index (χ0n) is 20.6. The monoisotopic (exact) mass is 464 g/mol. The highest BCUT2D eigenvalue weighted by molar-refractivity contribution is 5.97. The minimum absolute atomic E-state index is 0.0410. The van der Waals surface area contributed by atoms with Crippen LogP contribution in [0.3, 0.4) is 0 Å². The molecule has 1 aliphatic rings. The molecule has 7 heteroatoms. The van der Waals surface area contributed by atoms with Crippen LogP contribution in [-0.2, 0) is 4.79 Å². The standard InChI is InChI=1S/C27H36N4O3/c1-18(2)24(30-25(32)22-11-7-19(3)8-12-22)26(33)31-15-5-6-21(17-31)16-28-27(34)29-23-13-9-20(4)10-14-23/h7-14,18,21,24H,5-6,15-17H2,1-4H3,(H,30,32)(H2,28,29,34). The molecule has 1 saturated heterocycles. The maximum absolute atomic E-state index is 13.3. The predicted octanol–water partition coefficient (Wildman–Crippen LogP) is 4.12. The largest absolute Gasteiger partial charge is 0.341 e. The van der Waals surface area contributed by atoms with Gasteiger partial charge in [0, 0.05) is 30.9 Å². The SMILES string of the molecule is Cc1ccc(NC(=O)NCC2CCCN(C(=O)C(NC(=O)c3ccc(C)cc3)C(C)C)C2)cc1. The number of benzene rings is 2. The van der Waals surface area contributed by atoms with Gasteiger partial charge in [-0.05, 0) is 62.8 Å². The quantitative estimate of drug-likeness (QED) is 0.576. The Balaban J connectivity index is 1.53. The molecule has 1 aliphatic heterocycles. The molecule has 2 aromatic carbocycles. The summed E-state index contributed by atoms with van der Waals surface area (Å²) < 4.78 is 0. The van der Waals surface area contributed by atoms with Crippen LogP contribution in [0.2, 0.25) is 0 Å². The van der Waals surface area contributed by atoms with Crippen LogP contribution in [0.4, 0.5) is 10.5 Å². The molecule has 182 valence electrons. The van der Waals surface area contributed by atoms with E-state index in [4.69, 9.17) is 0 Å². The molecule has 3 rings (SSSR count). The first-order valence-electron chi connectivity index (χ1n) is 12.0. The van der Waals surface area contributed by atoms with Gasteiger partial charge in [-0.25, -0.2) is 4.79 Å². The molecule has 2 aromatic rings. The van der Waals surface area contributed by atoms with Gasteiger partial charge in [-0.1, -0.05) is 49.2 Å². The summed E-state index contributed by atoms with van der Waals surface area (Å²) in [5.41, 5.74) is 3.50. The Labute approximate surface area is 202 Å². The van der Waals surface area contributed by atoms with E-state index < -0.39 is 6.04 Å². The Morgan fingerprint density at radius 2 is 1.59 bits per heavy atom. The molecule has 0 saturated carbocycles. The average molecular weight is 465 g/mol. The molecule has 0 radical (unpaired) electrons. The third kappa shape index (κ3) is 7.07. The van der Waals surface area contributed by atoms with Gasteiger partial charge in [0.15, 0.2) is 0 Å². The van der Waals surface area contributed by atoms with Gasteiger partial charge in [-0.2, -0.15) is 0 Å². The van der Waals surface area contributed by atoms with Crippen LogP contribution in [0.15, 0.2) is 48.5 Å². The normalized spacial score (nSPS) is 16.6. The minimum Gasteiger partial charge on any atom is -0.341 e. The topological polar surface area (TPSA) is 90.5 Å². The van der Waals surface area contributed by atoms with E-state index in [1.807, 2.05) is 69.0 Å². The van der Waals surface area contributed by atoms with Crippen molar-refractivity contribution < 1.29 is 14.4 Å². The van der Waals surface area contributed by atoms with Gasteiger partial charge in [0.1, 0.15) is 6.04 Å². The average Bonchev–Trinajstić information content (AvgIpc) is 2.82. The number of anilines is 1. The summed E-state index contributed by atoms with van der Waals surface area (Å²) in [5, 5.41) is 8.70. The molecule has 2 atom stereocenters. The lowest BCUT2D eigenvalue weighted by Crippen LogP contribution is -2.54. The van der Waals surface area contributed by atoms with Crippen molar-refractivity contribution in [3.8, 4) is 0 Å². The van der Waals surface area contributed by atoms with Gasteiger partial charge >= 0.3 is 6.03 Å². The lowest BCUT2D eigenvalue weighted by molar-refractivity contribution is -0.136. The Bertz CT molecular complexity index is 986. The molecule has 0 aliphatic carbocycles. The molecule has 0 spiro atoms. The summed E-state index contributed by atoms with van der Waals surface area (Å²) >= 11 is 0. The van der Waals surface area contributed by atoms with Crippen LogP contribution in [0.1, 0.15) is 48.2 Å². The molecular weight excluding hydrogens is 428 g/mol. The molecule has 1 heterocycles. The van der Waals surface area contributed by atoms with Crippen molar-refractivity contribution in [1.82, 2.24) is 15.5 Å². The van der Waals surface area contributed by atoms with Crippen molar-refractivity contribution in [1.29, 1.82) is 0 Å². The lowest BCUT2D eigenvalue weighted by atomic mass is 9.95. The molecular formula is C27H36N4O3. The fourth-order valence-corrected chi connectivity index (χ4v) is 4.12. The summed E-state index contributed by atoms with van der Waals surface area (Å²) in [5.74, 6) is -0.179. The van der Waals surface area contributed by atoms with E-state index in [2.05, 4.69) is 16.0 Å². The van der Waals surface area contributed by atoms with Crippen molar-refractivity contribution in [3.63, 3.8) is 0 Å². The van der Waals surface area contributed by atoms with Gasteiger partial charge < -0.3 is 20.9 Å². The maximum Gasteiger partial charge on any atom is 0.319 e. The van der Waals surface area contributed by atoms with Crippen molar-refractivity contribution in [2.75, 3.05) is 25.0 Å². The zero-order chi connectivity index (χ0) is 24.7. The van der Waals surface area contributed by atoms with E-state index in [0.717, 1.165) is 29.7 Å². The van der Waals surface area contributed by atoms with E-state index in [1.54, 1.807) is 12.1 Å². The number of hydrogen-bond donors (Lipinski definition) is 3. The van der Waals surface area contributed by atoms with Gasteiger partial charge in [-0.3, -0.25) is 9.59 Å². The molecule has 34 heavy (non-hydrogen) atoms. The Hall–Kier alpha value is -3.35. The number of piperidine rings is 1. The highest BCUT2D eigenvalue weighted by Gasteiger charge is 2.32. The highest BCUT2D eigenvalue weighted by Crippen LogP contribution is 2.19. The maximum atomic E-state index is 13.3. The summed E-state index contributed by atoms with van der Waals surface area (Å²) in [6.07, 6.45) is 1.81. The summed E-state index contributed by atoms with van der Waals surface area (Å²) in [6, 6.07) is 14.1. The van der Waals surface area contributed by atoms with Crippen molar-refractivity contribution in [2.24, 2.45) is 11.8 Å². The number of nitrogens with one attached hydrogen (secondary N) is 3. The predicted molar refractivity (Wildman–Crippen MR) is 135 cm³/mol. The smallest absolute Gasteiger partial charge is 0.319 e. The number of nitrogens with zero attached hydrogens (tertiary/aromatic N) is 1. The third-order valence-corrected chi connectivity index (χ3v) is 6.22. The van der Waals surface area contributed by atoms with E-state index in [0.29, 0.717) is 25.2 Å². The number of likely N-dealkylation sites (tertiary alicyclic amines) is 1. The summed E-state index contributed by atoms with van der Waals surface area (Å²) in [7, 11) is 0. The Kier molecular flexibility index (Phi) is 8.68. The number of hydrogen-bond acceptors (Lipinski definition) is 3. The number of rotatable bonds is 7. The molecule has 3 N–H and O–H groups in total. The number of carbonyl (C=O) groups excluding carboxylic acids is 3. The summed E-state index contributed by atoms with van der Waals surface area (Å²) in [6.45, 7) is 9.56. The van der Waals surface area contributed by atoms with Crippen LogP contribution in [0.5, 0.6) is 0 Å². The van der Waals surface area contributed by atoms with Gasteiger partial charge in [0.25, 0.3) is 5.91 Å². The second-order valence-electron chi connectivity index (χ2n) is 9.55. The highest BCUT2D eigenvalue weighted by atomic mass is 16.2. The van der Waals surface area contributed by atoms with Crippen molar-refractivity contribution in [2.45, 2.75) is 46.6 Å². The fourth-order valence-electron chi connectivity index (χ4n) is 4.12. The lowest BCUT2D eigenvalue weighted by Gasteiger charge is -2.36. The van der Waals surface area contributed by atoms with Crippen LogP contribution in [0, 0.1) is 25.7 Å².